The van der Waals surface area contributed by atoms with Gasteiger partial charge in [-0.05, 0) is 37.1 Å². The summed E-state index contributed by atoms with van der Waals surface area (Å²) in [5.41, 5.74) is 2.03. The smallest absolute Gasteiger partial charge is 0.239 e. The molecule has 76 valence electrons. The van der Waals surface area contributed by atoms with Crippen LogP contribution >= 0.6 is 11.6 Å². The maximum absolute atomic E-state index is 12.9. The Morgan fingerprint density at radius 2 is 1.93 bits per heavy atom. The van der Waals surface area contributed by atoms with E-state index in [0.717, 1.165) is 0 Å². The quantitative estimate of drug-likeness (QED) is 0.755. The lowest BCUT2D eigenvalue weighted by molar-refractivity contribution is -0.113. The van der Waals surface area contributed by atoms with Crippen LogP contribution in [-0.4, -0.2) is 11.8 Å². The van der Waals surface area contributed by atoms with Gasteiger partial charge >= 0.3 is 0 Å². The number of nitrogens with one attached hydrogen (secondary N) is 1. The Hall–Kier alpha value is -1.09. The van der Waals surface area contributed by atoms with Crippen LogP contribution in [-0.2, 0) is 4.79 Å². The lowest BCUT2D eigenvalue weighted by atomic mass is 10.1. The normalized spacial score (nSPS) is 10.0. The van der Waals surface area contributed by atoms with Crippen LogP contribution in [0.4, 0.5) is 10.1 Å². The lowest BCUT2D eigenvalue weighted by Crippen LogP contribution is -2.14. The fraction of sp³-hybridized carbons (Fsp3) is 0.300. The first-order valence-corrected chi connectivity index (χ1v) is 4.70. The molecule has 2 nitrogen and oxygen atoms in total. The van der Waals surface area contributed by atoms with Crippen molar-refractivity contribution in [3.8, 4) is 0 Å². The Kier molecular flexibility index (Phi) is 3.47. The summed E-state index contributed by atoms with van der Waals surface area (Å²) >= 11 is 5.35. The summed E-state index contributed by atoms with van der Waals surface area (Å²) < 4.78 is 12.9. The van der Waals surface area contributed by atoms with E-state index in [-0.39, 0.29) is 17.6 Å². The molecule has 1 N–H and O–H groups in total. The molecule has 0 bridgehead atoms. The Bertz CT molecular complexity index is 342. The van der Waals surface area contributed by atoms with Crippen LogP contribution in [0.15, 0.2) is 12.1 Å². The molecule has 1 aromatic rings. The minimum atomic E-state index is -0.302. The van der Waals surface area contributed by atoms with Gasteiger partial charge in [-0.2, -0.15) is 0 Å². The molecule has 4 heteroatoms. The summed E-state index contributed by atoms with van der Waals surface area (Å²) in [4.78, 5) is 11.0. The summed E-state index contributed by atoms with van der Waals surface area (Å²) in [7, 11) is 0. The SMILES string of the molecule is Cc1cc(F)cc(C)c1NC(=O)CCl. The molecule has 0 aliphatic heterocycles. The van der Waals surface area contributed by atoms with E-state index in [1.165, 1.54) is 12.1 Å². The molecule has 1 rings (SSSR count). The van der Waals surface area contributed by atoms with Gasteiger partial charge in [0.15, 0.2) is 0 Å². The van der Waals surface area contributed by atoms with E-state index in [0.29, 0.717) is 16.8 Å². The standard InChI is InChI=1S/C10H11ClFNO/c1-6-3-8(12)4-7(2)10(6)13-9(14)5-11/h3-4H,5H2,1-2H3,(H,13,14). The van der Waals surface area contributed by atoms with Gasteiger partial charge in [0.2, 0.25) is 5.91 Å². The van der Waals surface area contributed by atoms with Gasteiger partial charge in [-0.15, -0.1) is 11.6 Å². The minimum absolute atomic E-state index is 0.101. The second-order valence-corrected chi connectivity index (χ2v) is 3.36. The van der Waals surface area contributed by atoms with Crippen molar-refractivity contribution in [2.24, 2.45) is 0 Å². The number of aryl methyl sites for hydroxylation is 2. The molecule has 1 amide bonds. The van der Waals surface area contributed by atoms with Crippen LogP contribution in [0, 0.1) is 19.7 Å². The first kappa shape index (κ1) is 11.0. The molecular formula is C10H11ClFNO. The topological polar surface area (TPSA) is 29.1 Å². The summed E-state index contributed by atoms with van der Waals surface area (Å²) in [6.45, 7) is 3.47. The van der Waals surface area contributed by atoms with E-state index >= 15 is 0 Å². The van der Waals surface area contributed by atoms with Gasteiger partial charge in [0.25, 0.3) is 0 Å². The molecule has 0 saturated heterocycles. The van der Waals surface area contributed by atoms with Crippen molar-refractivity contribution < 1.29 is 9.18 Å². The maximum Gasteiger partial charge on any atom is 0.239 e. The van der Waals surface area contributed by atoms with Crippen LogP contribution in [0.5, 0.6) is 0 Å². The zero-order chi connectivity index (χ0) is 10.7. The highest BCUT2D eigenvalue weighted by molar-refractivity contribution is 6.29. The number of carbonyl (C=O) groups is 1. The van der Waals surface area contributed by atoms with Crippen molar-refractivity contribution in [1.29, 1.82) is 0 Å². The van der Waals surface area contributed by atoms with Crippen molar-refractivity contribution in [2.75, 3.05) is 11.2 Å². The van der Waals surface area contributed by atoms with Gasteiger partial charge in [-0.1, -0.05) is 0 Å². The van der Waals surface area contributed by atoms with Gasteiger partial charge in [-0.3, -0.25) is 4.79 Å². The molecule has 0 aliphatic rings. The zero-order valence-corrected chi connectivity index (χ0v) is 8.78. The third-order valence-corrected chi connectivity index (χ3v) is 2.13. The molecule has 0 fully saturated rings. The third kappa shape index (κ3) is 2.45. The van der Waals surface area contributed by atoms with E-state index in [9.17, 15) is 9.18 Å². The lowest BCUT2D eigenvalue weighted by Gasteiger charge is -2.10. The molecule has 0 aliphatic carbocycles. The number of carbonyl (C=O) groups excluding carboxylic acids is 1. The second-order valence-electron chi connectivity index (χ2n) is 3.10. The molecule has 1 aromatic carbocycles. The van der Waals surface area contributed by atoms with Crippen molar-refractivity contribution in [2.45, 2.75) is 13.8 Å². The van der Waals surface area contributed by atoms with E-state index < -0.39 is 0 Å². The summed E-state index contributed by atoms with van der Waals surface area (Å²) in [5, 5.41) is 2.62. The highest BCUT2D eigenvalue weighted by Crippen LogP contribution is 2.21. The Morgan fingerprint density at radius 3 is 2.36 bits per heavy atom. The van der Waals surface area contributed by atoms with Crippen LogP contribution in [0.25, 0.3) is 0 Å². The largest absolute Gasteiger partial charge is 0.325 e. The minimum Gasteiger partial charge on any atom is -0.325 e. The van der Waals surface area contributed by atoms with Gasteiger partial charge in [-0.25, -0.2) is 4.39 Å². The number of hydrogen-bond acceptors (Lipinski definition) is 1. The number of amides is 1. The molecule has 0 saturated carbocycles. The van der Waals surface area contributed by atoms with Crippen LogP contribution < -0.4 is 5.32 Å². The van der Waals surface area contributed by atoms with Gasteiger partial charge in [0, 0.05) is 5.69 Å². The molecule has 0 aromatic heterocycles. The predicted octanol–water partition coefficient (Wildman–Crippen LogP) is 2.62. The highest BCUT2D eigenvalue weighted by atomic mass is 35.5. The van der Waals surface area contributed by atoms with Gasteiger partial charge in [0.05, 0.1) is 0 Å². The first-order chi connectivity index (χ1) is 6.54. The summed E-state index contributed by atoms with van der Waals surface area (Å²) in [6, 6.07) is 2.74. The summed E-state index contributed by atoms with van der Waals surface area (Å²) in [5.74, 6) is -0.690. The molecule has 0 unspecified atom stereocenters. The van der Waals surface area contributed by atoms with Crippen LogP contribution in [0.3, 0.4) is 0 Å². The molecule has 0 radical (unpaired) electrons. The van der Waals surface area contributed by atoms with Crippen molar-refractivity contribution in [1.82, 2.24) is 0 Å². The summed E-state index contributed by atoms with van der Waals surface area (Å²) in [6.07, 6.45) is 0. The van der Waals surface area contributed by atoms with Crippen LogP contribution in [0.2, 0.25) is 0 Å². The predicted molar refractivity (Wildman–Crippen MR) is 55.2 cm³/mol. The monoisotopic (exact) mass is 215 g/mol. The number of halogens is 2. The molecule has 14 heavy (non-hydrogen) atoms. The number of hydrogen-bond donors (Lipinski definition) is 1. The van der Waals surface area contributed by atoms with Crippen molar-refractivity contribution in [3.05, 3.63) is 29.1 Å². The van der Waals surface area contributed by atoms with E-state index in [4.69, 9.17) is 11.6 Å². The molecule has 0 spiro atoms. The van der Waals surface area contributed by atoms with Crippen molar-refractivity contribution >= 4 is 23.2 Å². The van der Waals surface area contributed by atoms with Crippen LogP contribution in [0.1, 0.15) is 11.1 Å². The van der Waals surface area contributed by atoms with E-state index in [2.05, 4.69) is 5.32 Å². The van der Waals surface area contributed by atoms with E-state index in [1.807, 2.05) is 0 Å². The first-order valence-electron chi connectivity index (χ1n) is 4.17. The Morgan fingerprint density at radius 1 is 1.43 bits per heavy atom. The number of anilines is 1. The Labute approximate surface area is 87.1 Å². The second kappa shape index (κ2) is 4.42. The average molecular weight is 216 g/mol. The number of alkyl halides is 1. The molecular weight excluding hydrogens is 205 g/mol. The highest BCUT2D eigenvalue weighted by Gasteiger charge is 2.07. The third-order valence-electron chi connectivity index (χ3n) is 1.88. The average Bonchev–Trinajstić information content (AvgIpc) is 2.10. The zero-order valence-electron chi connectivity index (χ0n) is 8.03. The fourth-order valence-corrected chi connectivity index (χ4v) is 1.35. The molecule has 0 heterocycles. The van der Waals surface area contributed by atoms with Gasteiger partial charge < -0.3 is 5.32 Å². The van der Waals surface area contributed by atoms with E-state index in [1.54, 1.807) is 13.8 Å². The van der Waals surface area contributed by atoms with Crippen molar-refractivity contribution in [3.63, 3.8) is 0 Å². The Balaban J connectivity index is 3.02. The maximum atomic E-state index is 12.9. The van der Waals surface area contributed by atoms with Gasteiger partial charge in [0.1, 0.15) is 11.7 Å². The number of benzene rings is 1. The number of rotatable bonds is 2. The fourth-order valence-electron chi connectivity index (χ4n) is 1.28. The molecule has 0 atom stereocenters.